The Balaban J connectivity index is 0.000000267. The molecule has 0 saturated heterocycles. The van der Waals surface area contributed by atoms with Crippen LogP contribution in [-0.4, -0.2) is 27.7 Å². The second-order valence-corrected chi connectivity index (χ2v) is 4.12. The van der Waals surface area contributed by atoms with Crippen LogP contribution >= 0.6 is 0 Å². The second-order valence-electron chi connectivity index (χ2n) is 4.12. The van der Waals surface area contributed by atoms with Gasteiger partial charge in [0, 0.05) is 18.1 Å². The van der Waals surface area contributed by atoms with Crippen molar-refractivity contribution in [2.45, 2.75) is 12.5 Å². The number of hydroxylamine groups is 3. The van der Waals surface area contributed by atoms with Gasteiger partial charge in [-0.1, -0.05) is 0 Å². The van der Waals surface area contributed by atoms with E-state index in [4.69, 9.17) is 9.90 Å². The molecule has 0 saturated carbocycles. The molecule has 0 fully saturated rings. The number of fused-ring (bicyclic) bond motifs is 3. The van der Waals surface area contributed by atoms with Crippen molar-refractivity contribution in [1.82, 2.24) is 0 Å². The lowest BCUT2D eigenvalue weighted by atomic mass is 10.0. The largest absolute Gasteiger partial charge is 0.622 e. The number of rotatable bonds is 0. The Morgan fingerprint density at radius 2 is 2.17 bits per heavy atom. The van der Waals surface area contributed by atoms with Gasteiger partial charge in [0.05, 0.1) is 6.20 Å². The number of allylic oxidation sites excluding steroid dienone is 3. The average Bonchev–Trinajstić information content (AvgIpc) is 2.70. The molecule has 0 aromatic heterocycles. The summed E-state index contributed by atoms with van der Waals surface area (Å²) in [6.45, 7) is 0. The normalized spacial score (nSPS) is 30.9. The molecule has 1 aliphatic carbocycles. The van der Waals surface area contributed by atoms with E-state index < -0.39 is 10.7 Å². The molecule has 2 unspecified atom stereocenters. The van der Waals surface area contributed by atoms with Crippen LogP contribution in [0.1, 0.15) is 6.42 Å². The fraction of sp³-hybridized carbons (Fsp3) is 0.167. The van der Waals surface area contributed by atoms with Gasteiger partial charge in [-0.15, -0.1) is 0 Å². The topological polar surface area (TPSA) is 103 Å². The predicted octanol–water partition coefficient (Wildman–Crippen LogP) is 1.17. The Hall–Kier alpha value is -2.18. The standard InChI is InChI=1S/C11H9NO2.CH3NO2/c13-10-3-4-11-8(7-10)6-9-2-1-5-12(9,11)14;2-1(3)4/h1,3-7,11H,2H2;2H2,(H,3,4). The first-order chi connectivity index (χ1) is 8.43. The van der Waals surface area contributed by atoms with Crippen molar-refractivity contribution in [1.29, 1.82) is 0 Å². The average molecular weight is 248 g/mol. The van der Waals surface area contributed by atoms with Gasteiger partial charge in [0.1, 0.15) is 11.7 Å². The van der Waals surface area contributed by atoms with E-state index in [1.54, 1.807) is 18.4 Å². The Kier molecular flexibility index (Phi) is 2.90. The van der Waals surface area contributed by atoms with Crippen LogP contribution in [0.15, 0.2) is 47.9 Å². The minimum atomic E-state index is -1.33. The molecule has 3 rings (SSSR count). The van der Waals surface area contributed by atoms with Gasteiger partial charge in [-0.3, -0.25) is 9.44 Å². The van der Waals surface area contributed by atoms with Crippen molar-refractivity contribution in [3.63, 3.8) is 0 Å². The van der Waals surface area contributed by atoms with Crippen molar-refractivity contribution in [3.8, 4) is 0 Å². The van der Waals surface area contributed by atoms with E-state index in [9.17, 15) is 10.0 Å². The van der Waals surface area contributed by atoms with E-state index in [0.717, 1.165) is 11.3 Å². The summed E-state index contributed by atoms with van der Waals surface area (Å²) in [6, 6.07) is -0.221. The summed E-state index contributed by atoms with van der Waals surface area (Å²) in [6.07, 6.45) is 9.54. The minimum absolute atomic E-state index is 0.0233. The van der Waals surface area contributed by atoms with Gasteiger partial charge in [-0.2, -0.15) is 0 Å². The molecule has 0 radical (unpaired) electrons. The molecule has 0 bridgehead atoms. The molecule has 2 heterocycles. The van der Waals surface area contributed by atoms with Crippen molar-refractivity contribution in [2.75, 3.05) is 0 Å². The number of hydrogen-bond acceptors (Lipinski definition) is 3. The number of nitrogens with zero attached hydrogens (tertiary/aromatic N) is 1. The van der Waals surface area contributed by atoms with Crippen LogP contribution in [0.2, 0.25) is 0 Å². The van der Waals surface area contributed by atoms with Crippen LogP contribution in [0.3, 0.4) is 0 Å². The molecular weight excluding hydrogens is 236 g/mol. The van der Waals surface area contributed by atoms with E-state index in [2.05, 4.69) is 5.73 Å². The van der Waals surface area contributed by atoms with E-state index in [-0.39, 0.29) is 11.8 Å². The minimum Gasteiger partial charge on any atom is -0.622 e. The highest BCUT2D eigenvalue weighted by molar-refractivity contribution is 6.01. The molecule has 94 valence electrons. The van der Waals surface area contributed by atoms with Gasteiger partial charge in [-0.05, 0) is 24.3 Å². The predicted molar refractivity (Wildman–Crippen MR) is 63.7 cm³/mol. The summed E-state index contributed by atoms with van der Waals surface area (Å²) in [7, 11) is 0. The van der Waals surface area contributed by atoms with Crippen molar-refractivity contribution in [2.24, 2.45) is 5.73 Å². The zero-order valence-corrected chi connectivity index (χ0v) is 9.45. The van der Waals surface area contributed by atoms with E-state index >= 15 is 0 Å². The monoisotopic (exact) mass is 248 g/mol. The highest BCUT2D eigenvalue weighted by atomic mass is 16.5. The Labute approximate surface area is 103 Å². The van der Waals surface area contributed by atoms with Crippen LogP contribution in [0.5, 0.6) is 0 Å². The number of carbonyl (C=O) groups is 2. The summed E-state index contributed by atoms with van der Waals surface area (Å²) in [5.74, 6) is -0.0233. The maximum Gasteiger partial charge on any atom is 0.402 e. The van der Waals surface area contributed by atoms with Crippen molar-refractivity contribution in [3.05, 3.63) is 53.1 Å². The van der Waals surface area contributed by atoms with Gasteiger partial charge in [0.2, 0.25) is 0 Å². The number of ketones is 1. The van der Waals surface area contributed by atoms with E-state index in [0.29, 0.717) is 6.42 Å². The zero-order chi connectivity index (χ0) is 13.3. The summed E-state index contributed by atoms with van der Waals surface area (Å²) < 4.78 is -0.407. The third kappa shape index (κ3) is 1.99. The van der Waals surface area contributed by atoms with Crippen LogP contribution in [-0.2, 0) is 4.79 Å². The first-order valence-electron chi connectivity index (χ1n) is 5.34. The smallest absolute Gasteiger partial charge is 0.402 e. The number of quaternary nitrogens is 1. The highest BCUT2D eigenvalue weighted by Gasteiger charge is 2.41. The summed E-state index contributed by atoms with van der Waals surface area (Å²) >= 11 is 0. The van der Waals surface area contributed by atoms with Crippen molar-refractivity contribution < 1.29 is 19.3 Å². The second kappa shape index (κ2) is 4.25. The Morgan fingerprint density at radius 3 is 2.83 bits per heavy atom. The molecule has 3 aliphatic rings. The quantitative estimate of drug-likeness (QED) is 0.496. The molecule has 0 aromatic carbocycles. The molecule has 3 N–H and O–H groups in total. The van der Waals surface area contributed by atoms with Crippen LogP contribution < -0.4 is 5.73 Å². The fourth-order valence-electron chi connectivity index (χ4n) is 2.26. The number of hydrogen-bond donors (Lipinski definition) is 2. The first-order valence-corrected chi connectivity index (χ1v) is 5.34. The molecule has 18 heavy (non-hydrogen) atoms. The van der Waals surface area contributed by atoms with Gasteiger partial charge in [0.15, 0.2) is 5.78 Å². The van der Waals surface area contributed by atoms with Gasteiger partial charge < -0.3 is 16.0 Å². The lowest BCUT2D eigenvalue weighted by molar-refractivity contribution is -0.794. The van der Waals surface area contributed by atoms with E-state index in [1.165, 1.54) is 6.08 Å². The third-order valence-corrected chi connectivity index (χ3v) is 2.94. The van der Waals surface area contributed by atoms with Gasteiger partial charge >= 0.3 is 6.09 Å². The Bertz CT molecular complexity index is 526. The van der Waals surface area contributed by atoms with Crippen LogP contribution in [0.25, 0.3) is 0 Å². The molecule has 2 aliphatic heterocycles. The number of primary amides is 1. The highest BCUT2D eigenvalue weighted by Crippen LogP contribution is 2.42. The summed E-state index contributed by atoms with van der Waals surface area (Å²) in [5.41, 5.74) is 5.72. The lowest BCUT2D eigenvalue weighted by Crippen LogP contribution is -2.39. The maximum atomic E-state index is 12.3. The van der Waals surface area contributed by atoms with E-state index in [1.807, 2.05) is 12.2 Å². The maximum absolute atomic E-state index is 12.3. The first kappa shape index (κ1) is 12.3. The molecule has 0 aromatic rings. The molecule has 2 atom stereocenters. The van der Waals surface area contributed by atoms with Crippen LogP contribution in [0.4, 0.5) is 4.79 Å². The molecule has 6 nitrogen and oxygen atoms in total. The lowest BCUT2D eigenvalue weighted by Gasteiger charge is -2.39. The number of carbonyl (C=O) groups excluding carboxylic acids is 1. The molecule has 1 amide bonds. The number of nitrogens with two attached hydrogens (primary N) is 1. The molecule has 6 heteroatoms. The SMILES string of the molecule is NC(=O)O.O=C1C=CC2C(=C1)C=C1CC=C[N+]12[O-]. The summed E-state index contributed by atoms with van der Waals surface area (Å²) in [5, 5.41) is 19.5. The number of carboxylic acid groups (broad SMARTS) is 1. The fourth-order valence-corrected chi connectivity index (χ4v) is 2.26. The molecule has 0 spiro atoms. The molecular formula is C12H12N2O4. The summed E-state index contributed by atoms with van der Waals surface area (Å²) in [4.78, 5) is 19.9. The van der Waals surface area contributed by atoms with Gasteiger partial charge in [-0.25, -0.2) is 4.79 Å². The van der Waals surface area contributed by atoms with Gasteiger partial charge in [0.25, 0.3) is 0 Å². The van der Waals surface area contributed by atoms with Crippen LogP contribution in [0, 0.1) is 5.21 Å². The third-order valence-electron chi connectivity index (χ3n) is 2.94. The Morgan fingerprint density at radius 1 is 1.50 bits per heavy atom. The van der Waals surface area contributed by atoms with Crippen molar-refractivity contribution >= 4 is 11.9 Å². The number of amides is 1. The zero-order valence-electron chi connectivity index (χ0n) is 9.45.